The summed E-state index contributed by atoms with van der Waals surface area (Å²) in [5, 5.41) is 4.69. The molecule has 0 amide bonds. The number of aromatic nitrogens is 2. The average molecular weight is 296 g/mol. The van der Waals surface area contributed by atoms with Crippen molar-refractivity contribution in [3.8, 4) is 0 Å². The van der Waals surface area contributed by atoms with E-state index in [1.165, 1.54) is 12.8 Å². The van der Waals surface area contributed by atoms with Gasteiger partial charge < -0.3 is 9.88 Å². The molecule has 1 saturated carbocycles. The quantitative estimate of drug-likeness (QED) is 0.915. The van der Waals surface area contributed by atoms with Crippen LogP contribution in [-0.2, 0) is 13.1 Å². The summed E-state index contributed by atoms with van der Waals surface area (Å²) in [5.41, 5.74) is 1.01. The van der Waals surface area contributed by atoms with Gasteiger partial charge in [0.1, 0.15) is 5.82 Å². The largest absolute Gasteiger partial charge is 0.329 e. The van der Waals surface area contributed by atoms with E-state index in [1.807, 2.05) is 24.5 Å². The van der Waals surface area contributed by atoms with Gasteiger partial charge in [0.2, 0.25) is 0 Å². The maximum Gasteiger partial charge on any atom is 0.122 e. The molecule has 0 radical (unpaired) electrons. The van der Waals surface area contributed by atoms with Gasteiger partial charge in [0.25, 0.3) is 0 Å². The third-order valence-corrected chi connectivity index (χ3v) is 4.16. The molecule has 0 bridgehead atoms. The maximum absolute atomic E-state index is 6.22. The summed E-state index contributed by atoms with van der Waals surface area (Å²) >= 11 is 12.3. The summed E-state index contributed by atoms with van der Waals surface area (Å²) < 4.78 is 2.10. The molecule has 0 unspecified atom stereocenters. The molecular formula is C14H15Cl2N3. The van der Waals surface area contributed by atoms with E-state index in [-0.39, 0.29) is 0 Å². The number of hydrogen-bond acceptors (Lipinski definition) is 2. The molecule has 1 N–H and O–H groups in total. The SMILES string of the molecule is Clc1cccc(Cn2ccnc2CNC2CC2)c1Cl. The third-order valence-electron chi connectivity index (χ3n) is 3.30. The van der Waals surface area contributed by atoms with Crippen LogP contribution in [0.3, 0.4) is 0 Å². The summed E-state index contributed by atoms with van der Waals surface area (Å²) in [5.74, 6) is 1.03. The fraction of sp³-hybridized carbons (Fsp3) is 0.357. The molecule has 2 aromatic rings. The predicted octanol–water partition coefficient (Wildman–Crippen LogP) is 3.49. The van der Waals surface area contributed by atoms with Crippen molar-refractivity contribution in [1.82, 2.24) is 14.9 Å². The number of benzene rings is 1. The minimum absolute atomic E-state index is 0.594. The predicted molar refractivity (Wildman–Crippen MR) is 77.7 cm³/mol. The van der Waals surface area contributed by atoms with Crippen molar-refractivity contribution in [2.75, 3.05) is 0 Å². The van der Waals surface area contributed by atoms with Gasteiger partial charge in [-0.3, -0.25) is 0 Å². The lowest BCUT2D eigenvalue weighted by atomic mass is 10.2. The van der Waals surface area contributed by atoms with Crippen molar-refractivity contribution < 1.29 is 0 Å². The zero-order valence-electron chi connectivity index (χ0n) is 10.4. The molecule has 0 spiro atoms. The number of nitrogens with zero attached hydrogens (tertiary/aromatic N) is 2. The van der Waals surface area contributed by atoms with Crippen LogP contribution in [0.1, 0.15) is 24.2 Å². The fourth-order valence-corrected chi connectivity index (χ4v) is 2.41. The van der Waals surface area contributed by atoms with Crippen LogP contribution in [0, 0.1) is 0 Å². The summed E-state index contributed by atoms with van der Waals surface area (Å²) in [6.45, 7) is 1.50. The first kappa shape index (κ1) is 13.0. The Morgan fingerprint density at radius 1 is 1.32 bits per heavy atom. The monoisotopic (exact) mass is 295 g/mol. The molecule has 1 heterocycles. The Morgan fingerprint density at radius 2 is 2.16 bits per heavy atom. The first-order valence-electron chi connectivity index (χ1n) is 6.40. The Bertz CT molecular complexity index is 576. The summed E-state index contributed by atoms with van der Waals surface area (Å²) in [4.78, 5) is 4.39. The lowest BCUT2D eigenvalue weighted by Gasteiger charge is -2.10. The third kappa shape index (κ3) is 3.11. The van der Waals surface area contributed by atoms with Gasteiger partial charge in [-0.05, 0) is 24.5 Å². The second-order valence-corrected chi connectivity index (χ2v) is 5.62. The van der Waals surface area contributed by atoms with E-state index in [4.69, 9.17) is 23.2 Å². The van der Waals surface area contributed by atoms with E-state index in [0.29, 0.717) is 22.6 Å². The van der Waals surface area contributed by atoms with Crippen molar-refractivity contribution in [2.45, 2.75) is 32.0 Å². The first-order valence-corrected chi connectivity index (χ1v) is 7.16. The van der Waals surface area contributed by atoms with E-state index >= 15 is 0 Å². The van der Waals surface area contributed by atoms with E-state index in [1.54, 1.807) is 6.07 Å². The van der Waals surface area contributed by atoms with E-state index in [2.05, 4.69) is 14.9 Å². The lowest BCUT2D eigenvalue weighted by Crippen LogP contribution is -2.19. The van der Waals surface area contributed by atoms with E-state index in [0.717, 1.165) is 17.9 Å². The van der Waals surface area contributed by atoms with Gasteiger partial charge >= 0.3 is 0 Å². The van der Waals surface area contributed by atoms with Gasteiger partial charge in [-0.1, -0.05) is 35.3 Å². The van der Waals surface area contributed by atoms with Crippen LogP contribution in [0.5, 0.6) is 0 Å². The normalized spacial score (nSPS) is 14.8. The Kier molecular flexibility index (Phi) is 3.78. The molecule has 100 valence electrons. The van der Waals surface area contributed by atoms with Crippen LogP contribution >= 0.6 is 23.2 Å². The highest BCUT2D eigenvalue weighted by molar-refractivity contribution is 6.42. The summed E-state index contributed by atoms with van der Waals surface area (Å²) in [6, 6.07) is 6.39. The molecule has 0 aliphatic heterocycles. The minimum atomic E-state index is 0.594. The number of nitrogens with one attached hydrogen (secondary N) is 1. The second kappa shape index (κ2) is 5.53. The van der Waals surface area contributed by atoms with E-state index < -0.39 is 0 Å². The van der Waals surface area contributed by atoms with Crippen molar-refractivity contribution >= 4 is 23.2 Å². The highest BCUT2D eigenvalue weighted by Crippen LogP contribution is 2.26. The van der Waals surface area contributed by atoms with Crippen LogP contribution in [0.25, 0.3) is 0 Å². The molecule has 0 saturated heterocycles. The van der Waals surface area contributed by atoms with Crippen LogP contribution in [0.15, 0.2) is 30.6 Å². The lowest BCUT2D eigenvalue weighted by molar-refractivity contribution is 0.618. The molecule has 1 aromatic carbocycles. The van der Waals surface area contributed by atoms with Crippen molar-refractivity contribution in [3.63, 3.8) is 0 Å². The molecule has 1 aromatic heterocycles. The van der Waals surface area contributed by atoms with Crippen LogP contribution in [0.4, 0.5) is 0 Å². The van der Waals surface area contributed by atoms with Crippen LogP contribution in [-0.4, -0.2) is 15.6 Å². The molecule has 3 nitrogen and oxygen atoms in total. The molecule has 1 aliphatic rings. The Labute approximate surface area is 122 Å². The van der Waals surface area contributed by atoms with Crippen molar-refractivity contribution in [3.05, 3.63) is 52.0 Å². The molecule has 0 atom stereocenters. The fourth-order valence-electron chi connectivity index (χ4n) is 2.03. The van der Waals surface area contributed by atoms with Gasteiger partial charge in [0.05, 0.1) is 23.1 Å². The van der Waals surface area contributed by atoms with Gasteiger partial charge in [-0.15, -0.1) is 0 Å². The molecule has 1 fully saturated rings. The standard InChI is InChI=1S/C14H15Cl2N3/c15-12-3-1-2-10(14(12)16)9-19-7-6-17-13(19)8-18-11-4-5-11/h1-3,6-7,11,18H,4-5,8-9H2. The van der Waals surface area contributed by atoms with Gasteiger partial charge in [0.15, 0.2) is 0 Å². The summed E-state index contributed by atoms with van der Waals surface area (Å²) in [7, 11) is 0. The Morgan fingerprint density at radius 3 is 2.95 bits per heavy atom. The second-order valence-electron chi connectivity index (χ2n) is 4.84. The zero-order valence-corrected chi connectivity index (χ0v) is 12.0. The molecule has 19 heavy (non-hydrogen) atoms. The van der Waals surface area contributed by atoms with Gasteiger partial charge in [-0.2, -0.15) is 0 Å². The maximum atomic E-state index is 6.22. The number of hydrogen-bond donors (Lipinski definition) is 1. The summed E-state index contributed by atoms with van der Waals surface area (Å²) in [6.07, 6.45) is 6.35. The Balaban J connectivity index is 1.75. The smallest absolute Gasteiger partial charge is 0.122 e. The number of rotatable bonds is 5. The highest BCUT2D eigenvalue weighted by Gasteiger charge is 2.20. The Hall–Kier alpha value is -1.03. The van der Waals surface area contributed by atoms with Gasteiger partial charge in [-0.25, -0.2) is 4.98 Å². The number of halogens is 2. The van der Waals surface area contributed by atoms with Crippen molar-refractivity contribution in [2.24, 2.45) is 0 Å². The van der Waals surface area contributed by atoms with Crippen LogP contribution in [0.2, 0.25) is 10.0 Å². The average Bonchev–Trinajstić information content (AvgIpc) is 3.13. The minimum Gasteiger partial charge on any atom is -0.329 e. The number of imidazole rings is 1. The molecule has 3 rings (SSSR count). The molecule has 1 aliphatic carbocycles. The van der Waals surface area contributed by atoms with Crippen molar-refractivity contribution in [1.29, 1.82) is 0 Å². The van der Waals surface area contributed by atoms with Crippen LogP contribution < -0.4 is 5.32 Å². The topological polar surface area (TPSA) is 29.9 Å². The zero-order chi connectivity index (χ0) is 13.2. The molecular weight excluding hydrogens is 281 g/mol. The van der Waals surface area contributed by atoms with Gasteiger partial charge in [0, 0.05) is 18.4 Å². The van der Waals surface area contributed by atoms with E-state index in [9.17, 15) is 0 Å². The first-order chi connectivity index (χ1) is 9.24. The highest BCUT2D eigenvalue weighted by atomic mass is 35.5. The molecule has 5 heteroatoms.